The SMILES string of the molecule is c1ccc(-c2c3ccccc3c(-c3ccc(-c4c5ccccc5cc5c4oc4ccccc45)cc3)c3ccccc23)cc1. The molecule has 0 fully saturated rings. The first-order chi connectivity index (χ1) is 21.3. The standard InChI is InChI=1S/C42H26O/c1-2-12-27(13-3-1)39-33-17-6-8-19-35(33)40(36-20-9-7-18-34(36)39)28-22-24-29(25-23-28)41-31-15-5-4-14-30(31)26-37-32-16-10-11-21-38(32)43-42(37)41/h1-26H. The Morgan fingerprint density at radius 2 is 0.744 bits per heavy atom. The van der Waals surface area contributed by atoms with E-state index in [2.05, 4.69) is 152 Å². The summed E-state index contributed by atoms with van der Waals surface area (Å²) in [4.78, 5) is 0. The van der Waals surface area contributed by atoms with Gasteiger partial charge in [-0.3, -0.25) is 0 Å². The second kappa shape index (κ2) is 9.44. The van der Waals surface area contributed by atoms with Crippen LogP contribution in [0.4, 0.5) is 0 Å². The molecule has 1 heteroatoms. The largest absolute Gasteiger partial charge is 0.455 e. The Labute approximate surface area is 249 Å². The average Bonchev–Trinajstić information content (AvgIpc) is 3.44. The smallest absolute Gasteiger partial charge is 0.143 e. The Bertz CT molecular complexity index is 2420. The van der Waals surface area contributed by atoms with Crippen LogP contribution in [0, 0.1) is 0 Å². The summed E-state index contributed by atoms with van der Waals surface area (Å²) in [6.45, 7) is 0. The number of rotatable bonds is 3. The van der Waals surface area contributed by atoms with Gasteiger partial charge in [-0.1, -0.05) is 146 Å². The number of hydrogen-bond acceptors (Lipinski definition) is 1. The zero-order valence-electron chi connectivity index (χ0n) is 23.4. The zero-order valence-corrected chi connectivity index (χ0v) is 23.4. The highest BCUT2D eigenvalue weighted by Crippen LogP contribution is 2.45. The van der Waals surface area contributed by atoms with Gasteiger partial charge in [-0.2, -0.15) is 0 Å². The van der Waals surface area contributed by atoms with Gasteiger partial charge in [-0.05, 0) is 72.3 Å². The van der Waals surface area contributed by atoms with E-state index in [1.807, 2.05) is 6.07 Å². The predicted molar refractivity (Wildman–Crippen MR) is 183 cm³/mol. The molecule has 8 aromatic carbocycles. The summed E-state index contributed by atoms with van der Waals surface area (Å²) in [6, 6.07) is 56.7. The Morgan fingerprint density at radius 3 is 1.35 bits per heavy atom. The number of para-hydroxylation sites is 1. The maximum atomic E-state index is 6.53. The molecule has 0 aliphatic carbocycles. The van der Waals surface area contributed by atoms with Gasteiger partial charge in [0, 0.05) is 16.3 Å². The van der Waals surface area contributed by atoms with Crippen molar-refractivity contribution in [3.05, 3.63) is 158 Å². The molecule has 1 heterocycles. The van der Waals surface area contributed by atoms with Gasteiger partial charge in [0.05, 0.1) is 0 Å². The molecule has 0 amide bonds. The lowest BCUT2D eigenvalue weighted by atomic mass is 9.85. The second-order valence-corrected chi connectivity index (χ2v) is 11.2. The molecule has 43 heavy (non-hydrogen) atoms. The fourth-order valence-electron chi connectivity index (χ4n) is 6.97. The first-order valence-electron chi connectivity index (χ1n) is 14.8. The van der Waals surface area contributed by atoms with Crippen molar-refractivity contribution in [1.82, 2.24) is 0 Å². The molecule has 0 atom stereocenters. The summed E-state index contributed by atoms with van der Waals surface area (Å²) in [6.07, 6.45) is 0. The number of hydrogen-bond donors (Lipinski definition) is 0. The van der Waals surface area contributed by atoms with Gasteiger partial charge >= 0.3 is 0 Å². The minimum atomic E-state index is 0.919. The molecule has 0 aliphatic rings. The van der Waals surface area contributed by atoms with Crippen molar-refractivity contribution in [2.45, 2.75) is 0 Å². The summed E-state index contributed by atoms with van der Waals surface area (Å²) in [7, 11) is 0. The highest BCUT2D eigenvalue weighted by atomic mass is 16.3. The minimum Gasteiger partial charge on any atom is -0.455 e. The highest BCUT2D eigenvalue weighted by molar-refractivity contribution is 6.22. The van der Waals surface area contributed by atoms with Crippen molar-refractivity contribution in [1.29, 1.82) is 0 Å². The Balaban J connectivity index is 1.30. The minimum absolute atomic E-state index is 0.919. The van der Waals surface area contributed by atoms with Crippen LogP contribution in [0.25, 0.3) is 87.6 Å². The maximum Gasteiger partial charge on any atom is 0.143 e. The van der Waals surface area contributed by atoms with E-state index in [-0.39, 0.29) is 0 Å². The lowest BCUT2D eigenvalue weighted by Crippen LogP contribution is -1.91. The molecule has 200 valence electrons. The third-order valence-corrected chi connectivity index (χ3v) is 8.85. The fraction of sp³-hybridized carbons (Fsp3) is 0. The second-order valence-electron chi connectivity index (χ2n) is 11.2. The lowest BCUT2D eigenvalue weighted by Gasteiger charge is -2.18. The van der Waals surface area contributed by atoms with Gasteiger partial charge in [0.15, 0.2) is 0 Å². The Kier molecular flexibility index (Phi) is 5.27. The molecule has 0 N–H and O–H groups in total. The van der Waals surface area contributed by atoms with E-state index in [4.69, 9.17) is 4.42 Å². The van der Waals surface area contributed by atoms with Crippen LogP contribution in [-0.2, 0) is 0 Å². The highest BCUT2D eigenvalue weighted by Gasteiger charge is 2.18. The van der Waals surface area contributed by atoms with Crippen molar-refractivity contribution >= 4 is 54.3 Å². The summed E-state index contributed by atoms with van der Waals surface area (Å²) in [5, 5.41) is 9.78. The van der Waals surface area contributed by atoms with Crippen molar-refractivity contribution < 1.29 is 4.42 Å². The van der Waals surface area contributed by atoms with E-state index in [0.29, 0.717) is 0 Å². The molecule has 0 unspecified atom stereocenters. The molecule has 0 saturated carbocycles. The topological polar surface area (TPSA) is 13.1 Å². The van der Waals surface area contributed by atoms with Crippen LogP contribution in [0.3, 0.4) is 0 Å². The summed E-state index contributed by atoms with van der Waals surface area (Å²) >= 11 is 0. The Hall–Kier alpha value is -5.66. The molecule has 1 nitrogen and oxygen atoms in total. The summed E-state index contributed by atoms with van der Waals surface area (Å²) in [5.74, 6) is 0. The molecular formula is C42H26O. The summed E-state index contributed by atoms with van der Waals surface area (Å²) in [5.41, 5.74) is 9.15. The number of fused-ring (bicyclic) bond motifs is 6. The first-order valence-corrected chi connectivity index (χ1v) is 14.8. The van der Waals surface area contributed by atoms with Gasteiger partial charge < -0.3 is 4.42 Å². The fourth-order valence-corrected chi connectivity index (χ4v) is 6.97. The van der Waals surface area contributed by atoms with Crippen molar-refractivity contribution in [2.75, 3.05) is 0 Å². The van der Waals surface area contributed by atoms with Crippen LogP contribution in [-0.4, -0.2) is 0 Å². The molecular weight excluding hydrogens is 520 g/mol. The van der Waals surface area contributed by atoms with E-state index in [1.54, 1.807) is 0 Å². The molecule has 0 bridgehead atoms. The zero-order chi connectivity index (χ0) is 28.3. The molecule has 0 aliphatic heterocycles. The third-order valence-electron chi connectivity index (χ3n) is 8.85. The monoisotopic (exact) mass is 546 g/mol. The van der Waals surface area contributed by atoms with Gasteiger partial charge in [-0.15, -0.1) is 0 Å². The molecule has 9 rings (SSSR count). The van der Waals surface area contributed by atoms with Crippen molar-refractivity contribution in [2.24, 2.45) is 0 Å². The van der Waals surface area contributed by atoms with E-state index < -0.39 is 0 Å². The Morgan fingerprint density at radius 1 is 0.302 bits per heavy atom. The van der Waals surface area contributed by atoms with Crippen LogP contribution in [0.2, 0.25) is 0 Å². The molecule has 0 radical (unpaired) electrons. The van der Waals surface area contributed by atoms with E-state index in [1.165, 1.54) is 54.6 Å². The van der Waals surface area contributed by atoms with Gasteiger partial charge in [0.2, 0.25) is 0 Å². The first kappa shape index (κ1) is 24.0. The molecule has 0 spiro atoms. The van der Waals surface area contributed by atoms with Crippen LogP contribution >= 0.6 is 0 Å². The van der Waals surface area contributed by atoms with Crippen molar-refractivity contribution in [3.8, 4) is 33.4 Å². The lowest BCUT2D eigenvalue weighted by molar-refractivity contribution is 0.670. The molecule has 0 saturated heterocycles. The molecule has 1 aromatic heterocycles. The van der Waals surface area contributed by atoms with E-state index in [9.17, 15) is 0 Å². The van der Waals surface area contributed by atoms with Crippen molar-refractivity contribution in [3.63, 3.8) is 0 Å². The van der Waals surface area contributed by atoms with Gasteiger partial charge in [-0.25, -0.2) is 0 Å². The average molecular weight is 547 g/mol. The van der Waals surface area contributed by atoms with Crippen LogP contribution in [0.15, 0.2) is 162 Å². The molecule has 9 aromatic rings. The van der Waals surface area contributed by atoms with Crippen LogP contribution < -0.4 is 0 Å². The number of benzene rings is 8. The number of furan rings is 1. The normalized spacial score (nSPS) is 11.7. The van der Waals surface area contributed by atoms with Crippen LogP contribution in [0.5, 0.6) is 0 Å². The van der Waals surface area contributed by atoms with Gasteiger partial charge in [0.1, 0.15) is 11.2 Å². The quantitative estimate of drug-likeness (QED) is 0.201. The third kappa shape index (κ3) is 3.65. The van der Waals surface area contributed by atoms with Gasteiger partial charge in [0.25, 0.3) is 0 Å². The van der Waals surface area contributed by atoms with E-state index in [0.717, 1.165) is 33.1 Å². The summed E-state index contributed by atoms with van der Waals surface area (Å²) < 4.78 is 6.53. The van der Waals surface area contributed by atoms with Crippen LogP contribution in [0.1, 0.15) is 0 Å². The maximum absolute atomic E-state index is 6.53. The van der Waals surface area contributed by atoms with E-state index >= 15 is 0 Å². The predicted octanol–water partition coefficient (Wildman–Crippen LogP) is 12.0.